The van der Waals surface area contributed by atoms with Crippen LogP contribution in [0.15, 0.2) is 206 Å². The van der Waals surface area contributed by atoms with Crippen LogP contribution < -0.4 is 0 Å². The molecule has 1 aliphatic rings. The summed E-state index contributed by atoms with van der Waals surface area (Å²) in [5, 5.41) is 7.50. The minimum Gasteiger partial charge on any atom is -0.309 e. The average molecular weight is 790 g/mol. The molecular formula is C61H43N. The number of aromatic nitrogens is 1. The van der Waals surface area contributed by atoms with E-state index in [2.05, 4.69) is 237 Å². The van der Waals surface area contributed by atoms with Gasteiger partial charge in [0.25, 0.3) is 0 Å². The van der Waals surface area contributed by atoms with Gasteiger partial charge in [0.1, 0.15) is 0 Å². The predicted molar refractivity (Wildman–Crippen MR) is 264 cm³/mol. The molecule has 11 aromatic rings. The molecule has 62 heavy (non-hydrogen) atoms. The van der Waals surface area contributed by atoms with E-state index in [-0.39, 0.29) is 5.92 Å². The molecule has 0 fully saturated rings. The number of benzene rings is 10. The van der Waals surface area contributed by atoms with Crippen molar-refractivity contribution >= 4 is 55.5 Å². The van der Waals surface area contributed by atoms with Gasteiger partial charge >= 0.3 is 0 Å². The summed E-state index contributed by atoms with van der Waals surface area (Å²) < 4.78 is 2.41. The van der Waals surface area contributed by atoms with Gasteiger partial charge in [-0.15, -0.1) is 0 Å². The van der Waals surface area contributed by atoms with Crippen LogP contribution in [0, 0.1) is 13.8 Å². The van der Waals surface area contributed by atoms with E-state index in [1.807, 2.05) is 0 Å². The lowest BCUT2D eigenvalue weighted by atomic mass is 9.87. The average Bonchev–Trinajstić information content (AvgIpc) is 3.83. The number of aryl methyl sites for hydroxylation is 2. The Morgan fingerprint density at radius 3 is 1.66 bits per heavy atom. The van der Waals surface area contributed by atoms with Crippen molar-refractivity contribution in [3.63, 3.8) is 0 Å². The van der Waals surface area contributed by atoms with Crippen LogP contribution in [0.3, 0.4) is 0 Å². The van der Waals surface area contributed by atoms with Gasteiger partial charge in [-0.1, -0.05) is 181 Å². The largest absolute Gasteiger partial charge is 0.309 e. The van der Waals surface area contributed by atoms with Crippen molar-refractivity contribution in [2.45, 2.75) is 19.8 Å². The summed E-state index contributed by atoms with van der Waals surface area (Å²) in [4.78, 5) is 0. The van der Waals surface area contributed by atoms with Gasteiger partial charge in [0.05, 0.1) is 11.0 Å². The lowest BCUT2D eigenvalue weighted by molar-refractivity contribution is 1.02. The molecule has 0 N–H and O–H groups in total. The van der Waals surface area contributed by atoms with E-state index in [0.717, 1.165) is 0 Å². The monoisotopic (exact) mass is 789 g/mol. The van der Waals surface area contributed by atoms with Crippen LogP contribution in [0.1, 0.15) is 44.9 Å². The fourth-order valence-electron chi connectivity index (χ4n) is 9.92. The van der Waals surface area contributed by atoms with Crippen molar-refractivity contribution < 1.29 is 0 Å². The summed E-state index contributed by atoms with van der Waals surface area (Å²) in [6.07, 6.45) is 4.47. The van der Waals surface area contributed by atoms with Crippen LogP contribution in [0.4, 0.5) is 0 Å². The zero-order valence-corrected chi connectivity index (χ0v) is 34.8. The molecule has 1 heteroatoms. The van der Waals surface area contributed by atoms with Gasteiger partial charge in [0.15, 0.2) is 0 Å². The molecule has 1 heterocycles. The maximum absolute atomic E-state index is 2.41. The second kappa shape index (κ2) is 14.5. The van der Waals surface area contributed by atoms with E-state index in [1.165, 1.54) is 121 Å². The first-order valence-electron chi connectivity index (χ1n) is 21.7. The van der Waals surface area contributed by atoms with Crippen molar-refractivity contribution in [3.05, 3.63) is 245 Å². The van der Waals surface area contributed by atoms with Crippen molar-refractivity contribution in [1.82, 2.24) is 4.57 Å². The number of fused-ring (bicyclic) bond motifs is 8. The summed E-state index contributed by atoms with van der Waals surface area (Å²) in [5.41, 5.74) is 20.3. The maximum Gasteiger partial charge on any atom is 0.0541 e. The Bertz CT molecular complexity index is 3580. The van der Waals surface area contributed by atoms with Crippen molar-refractivity contribution in [3.8, 4) is 39.1 Å². The number of hydrogen-bond donors (Lipinski definition) is 0. The molecule has 0 saturated heterocycles. The fourth-order valence-corrected chi connectivity index (χ4v) is 9.92. The number of hydrogen-bond acceptors (Lipinski definition) is 0. The molecule has 1 aliphatic carbocycles. The SMILES string of the molecule is Cc1ccc(-c2ccc3c(c2)-c2ccccc2C3c2ccc3cc(/C=C/c4ccc5cc(-n6c7ccccc7c7cc(-c8ccc(C)cc8)ccc76)ccc5c4)ccc3c2)cc1. The summed E-state index contributed by atoms with van der Waals surface area (Å²) in [6, 6.07) is 76.8. The molecule has 1 aromatic heterocycles. The predicted octanol–water partition coefficient (Wildman–Crippen LogP) is 16.4. The Labute approximate surface area is 362 Å². The van der Waals surface area contributed by atoms with Crippen molar-refractivity contribution in [2.75, 3.05) is 0 Å². The van der Waals surface area contributed by atoms with E-state index >= 15 is 0 Å². The molecule has 1 nitrogen and oxygen atoms in total. The lowest BCUT2D eigenvalue weighted by Crippen LogP contribution is -1.99. The zero-order chi connectivity index (χ0) is 41.3. The number of para-hydroxylation sites is 1. The highest BCUT2D eigenvalue weighted by molar-refractivity contribution is 6.10. The molecule has 0 saturated carbocycles. The Morgan fingerprint density at radius 2 is 0.919 bits per heavy atom. The maximum atomic E-state index is 2.41. The van der Waals surface area contributed by atoms with E-state index in [9.17, 15) is 0 Å². The second-order valence-electron chi connectivity index (χ2n) is 17.1. The smallest absolute Gasteiger partial charge is 0.0541 e. The van der Waals surface area contributed by atoms with Gasteiger partial charge in [-0.25, -0.2) is 0 Å². The molecule has 0 bridgehead atoms. The normalized spacial score (nSPS) is 13.4. The topological polar surface area (TPSA) is 4.93 Å². The summed E-state index contributed by atoms with van der Waals surface area (Å²) >= 11 is 0. The van der Waals surface area contributed by atoms with Gasteiger partial charge < -0.3 is 4.57 Å². The van der Waals surface area contributed by atoms with Crippen molar-refractivity contribution in [1.29, 1.82) is 0 Å². The molecule has 1 atom stereocenters. The Morgan fingerprint density at radius 1 is 0.371 bits per heavy atom. The van der Waals surface area contributed by atoms with Gasteiger partial charge in [-0.05, 0) is 145 Å². The zero-order valence-electron chi connectivity index (χ0n) is 34.8. The fraction of sp³-hybridized carbons (Fsp3) is 0.0492. The first-order chi connectivity index (χ1) is 30.5. The molecule has 292 valence electrons. The highest BCUT2D eigenvalue weighted by atomic mass is 15.0. The first-order valence-corrected chi connectivity index (χ1v) is 21.7. The molecule has 0 amide bonds. The Balaban J connectivity index is 0.820. The van der Waals surface area contributed by atoms with Crippen LogP contribution >= 0.6 is 0 Å². The molecule has 0 spiro atoms. The Hall–Kier alpha value is -7.74. The number of rotatable bonds is 6. The first kappa shape index (κ1) is 36.1. The van der Waals surface area contributed by atoms with E-state index < -0.39 is 0 Å². The lowest BCUT2D eigenvalue weighted by Gasteiger charge is -2.16. The molecule has 10 aromatic carbocycles. The minimum atomic E-state index is 0.209. The van der Waals surface area contributed by atoms with Crippen LogP contribution in [-0.4, -0.2) is 4.57 Å². The molecule has 0 aliphatic heterocycles. The highest BCUT2D eigenvalue weighted by Gasteiger charge is 2.30. The van der Waals surface area contributed by atoms with E-state index in [0.29, 0.717) is 0 Å². The third-order valence-corrected chi connectivity index (χ3v) is 13.2. The second-order valence-corrected chi connectivity index (χ2v) is 17.1. The molecule has 12 rings (SSSR count). The van der Waals surface area contributed by atoms with Crippen LogP contribution in [0.5, 0.6) is 0 Å². The van der Waals surface area contributed by atoms with E-state index in [4.69, 9.17) is 0 Å². The third-order valence-electron chi connectivity index (χ3n) is 13.2. The number of nitrogens with zero attached hydrogens (tertiary/aromatic N) is 1. The van der Waals surface area contributed by atoms with Crippen LogP contribution in [0.2, 0.25) is 0 Å². The van der Waals surface area contributed by atoms with E-state index in [1.54, 1.807) is 0 Å². The standard InChI is InChI=1S/C61H43N/c1-39-11-19-43(20-12-39)49-28-31-56-57(37-49)53-7-3-4-9-55(53)61(56)51-26-25-45-33-41(17-23-47(45)35-51)15-16-42-18-24-48-36-52(30-27-46(48)34-42)62-59-10-6-5-8-54(59)58-38-50(29-32-60(58)62)44-21-13-40(2)14-22-44/h3-38,61H,1-2H3/b16-15+. The van der Waals surface area contributed by atoms with Gasteiger partial charge in [-0.3, -0.25) is 0 Å². The van der Waals surface area contributed by atoms with Crippen LogP contribution in [0.25, 0.3) is 94.6 Å². The van der Waals surface area contributed by atoms with Gasteiger partial charge in [0.2, 0.25) is 0 Å². The molecule has 1 unspecified atom stereocenters. The van der Waals surface area contributed by atoms with Crippen molar-refractivity contribution in [2.24, 2.45) is 0 Å². The minimum absolute atomic E-state index is 0.209. The molecular weight excluding hydrogens is 747 g/mol. The highest BCUT2D eigenvalue weighted by Crippen LogP contribution is 2.49. The quantitative estimate of drug-likeness (QED) is 0.148. The van der Waals surface area contributed by atoms with Gasteiger partial charge in [0, 0.05) is 22.4 Å². The summed E-state index contributed by atoms with van der Waals surface area (Å²) in [5.74, 6) is 0.209. The van der Waals surface area contributed by atoms with Gasteiger partial charge in [-0.2, -0.15) is 0 Å². The van der Waals surface area contributed by atoms with Crippen LogP contribution in [-0.2, 0) is 0 Å². The Kier molecular flexibility index (Phi) is 8.43. The summed E-state index contributed by atoms with van der Waals surface area (Å²) in [6.45, 7) is 4.28. The summed E-state index contributed by atoms with van der Waals surface area (Å²) in [7, 11) is 0. The third kappa shape index (κ3) is 6.16. The molecule has 0 radical (unpaired) electrons.